The minimum absolute atomic E-state index is 0. The molecule has 322 valence electrons. The zero-order valence-corrected chi connectivity index (χ0v) is 39.7. The van der Waals surface area contributed by atoms with Crippen molar-refractivity contribution in [1.82, 2.24) is 0 Å². The van der Waals surface area contributed by atoms with Crippen LogP contribution in [0.2, 0.25) is 0 Å². The smallest absolute Gasteiger partial charge is 0.744 e. The van der Waals surface area contributed by atoms with Crippen LogP contribution >= 0.6 is 0 Å². The van der Waals surface area contributed by atoms with Gasteiger partial charge in [0.25, 0.3) is 0 Å². The van der Waals surface area contributed by atoms with Crippen LogP contribution in [0, 0.1) is 0 Å². The van der Waals surface area contributed by atoms with Gasteiger partial charge in [-0.3, -0.25) is 0 Å². The largest absolute Gasteiger partial charge is 1.00 e. The van der Waals surface area contributed by atoms with Gasteiger partial charge in [-0.15, -0.1) is 0 Å². The summed E-state index contributed by atoms with van der Waals surface area (Å²) in [6, 6.07) is 3.61. The number of esters is 2. The van der Waals surface area contributed by atoms with Gasteiger partial charge in [-0.05, 0) is 76.3 Å². The third-order valence-corrected chi connectivity index (χ3v) is 11.4. The molecule has 0 saturated heterocycles. The summed E-state index contributed by atoms with van der Waals surface area (Å²) in [6.07, 6.45) is 47.6. The Labute approximate surface area is 372 Å². The van der Waals surface area contributed by atoms with Gasteiger partial charge in [-0.2, -0.15) is 0 Å². The van der Waals surface area contributed by atoms with Crippen LogP contribution in [0.25, 0.3) is 0 Å². The molecular weight excluding hydrogens is 744 g/mol. The molecule has 0 aliphatic heterocycles. The number of unbranched alkanes of at least 4 members (excludes halogenated alkanes) is 28. The molecule has 0 fully saturated rings. The molecule has 9 heteroatoms. The van der Waals surface area contributed by atoms with Gasteiger partial charge < -0.3 is 14.0 Å². The molecular formula is C48H81NaO7S. The van der Waals surface area contributed by atoms with E-state index in [0.29, 0.717) is 12.8 Å². The van der Waals surface area contributed by atoms with Gasteiger partial charge in [0, 0.05) is 0 Å². The van der Waals surface area contributed by atoms with Gasteiger partial charge in [0.15, 0.2) is 0 Å². The first kappa shape index (κ1) is 55.5. The summed E-state index contributed by atoms with van der Waals surface area (Å²) in [6.45, 7) is 4.74. The summed E-state index contributed by atoms with van der Waals surface area (Å²) in [4.78, 5) is 25.2. The van der Waals surface area contributed by atoms with Gasteiger partial charge in [0.2, 0.25) is 0 Å². The number of ether oxygens (including phenoxy) is 2. The quantitative estimate of drug-likeness (QED) is 0.0214. The van der Waals surface area contributed by atoms with E-state index < -0.39 is 32.5 Å². The van der Waals surface area contributed by atoms with Crippen molar-refractivity contribution in [3.8, 4) is 0 Å². The average molecular weight is 825 g/mol. The maximum atomic E-state index is 13.0. The minimum atomic E-state index is -5.02. The molecule has 0 aliphatic carbocycles. The van der Waals surface area contributed by atoms with Gasteiger partial charge in [0.1, 0.15) is 10.1 Å². The molecule has 0 spiro atoms. The van der Waals surface area contributed by atoms with Crippen LogP contribution in [0.4, 0.5) is 0 Å². The van der Waals surface area contributed by atoms with E-state index in [2.05, 4.69) is 38.2 Å². The van der Waals surface area contributed by atoms with Crippen molar-refractivity contribution in [2.24, 2.45) is 0 Å². The fourth-order valence-electron chi connectivity index (χ4n) is 7.01. The molecule has 57 heavy (non-hydrogen) atoms. The molecule has 0 unspecified atom stereocenters. The maximum Gasteiger partial charge on any atom is 1.00 e. The Kier molecular flexibility index (Phi) is 39.0. The Morgan fingerprint density at radius 3 is 1.16 bits per heavy atom. The Balaban J connectivity index is 0.0000314. The van der Waals surface area contributed by atoms with Crippen molar-refractivity contribution in [2.45, 2.75) is 224 Å². The molecule has 0 heterocycles. The molecule has 0 N–H and O–H groups in total. The fourth-order valence-corrected chi connectivity index (χ4v) is 7.69. The van der Waals surface area contributed by atoms with Crippen LogP contribution in [0.3, 0.4) is 0 Å². The zero-order valence-electron chi connectivity index (χ0n) is 36.8. The van der Waals surface area contributed by atoms with E-state index >= 15 is 0 Å². The Morgan fingerprint density at radius 1 is 0.491 bits per heavy atom. The molecule has 0 amide bonds. The Bertz CT molecular complexity index is 1280. The first-order chi connectivity index (χ1) is 27.3. The molecule has 0 radical (unpaired) electrons. The average Bonchev–Trinajstić information content (AvgIpc) is 3.18. The van der Waals surface area contributed by atoms with Crippen molar-refractivity contribution < 1.29 is 61.6 Å². The van der Waals surface area contributed by atoms with Crippen molar-refractivity contribution >= 4 is 22.1 Å². The number of hydrogen-bond donors (Lipinski definition) is 0. The van der Waals surface area contributed by atoms with Crippen molar-refractivity contribution in [2.75, 3.05) is 13.2 Å². The van der Waals surface area contributed by atoms with E-state index in [0.717, 1.165) is 70.3 Å². The van der Waals surface area contributed by atoms with E-state index in [1.165, 1.54) is 141 Å². The minimum Gasteiger partial charge on any atom is -0.744 e. The number of carbonyl (C=O) groups is 2. The molecule has 1 aromatic rings. The van der Waals surface area contributed by atoms with Crippen LogP contribution in [0.15, 0.2) is 47.4 Å². The Morgan fingerprint density at radius 2 is 0.807 bits per heavy atom. The van der Waals surface area contributed by atoms with E-state index in [-0.39, 0.29) is 48.3 Å². The Hall–Kier alpha value is -1.45. The predicted octanol–water partition coefficient (Wildman–Crippen LogP) is 11.5. The number of hydrogen-bond acceptors (Lipinski definition) is 7. The summed E-state index contributed by atoms with van der Waals surface area (Å²) >= 11 is 0. The molecule has 1 aromatic carbocycles. The topological polar surface area (TPSA) is 110 Å². The van der Waals surface area contributed by atoms with E-state index in [1.807, 2.05) is 0 Å². The van der Waals surface area contributed by atoms with Crippen LogP contribution in [-0.4, -0.2) is 38.1 Å². The molecule has 0 bridgehead atoms. The second-order valence-corrected chi connectivity index (χ2v) is 17.0. The number of benzene rings is 1. The van der Waals surface area contributed by atoms with E-state index in [4.69, 9.17) is 9.47 Å². The summed E-state index contributed by atoms with van der Waals surface area (Å²) in [5.74, 6) is -1.83. The second kappa shape index (κ2) is 40.0. The van der Waals surface area contributed by atoms with E-state index in [9.17, 15) is 22.6 Å². The van der Waals surface area contributed by atoms with Gasteiger partial charge in [-0.25, -0.2) is 18.0 Å². The standard InChI is InChI=1S/C48H82O7S.Na/c1-3-5-7-9-11-13-15-17-19-21-23-25-27-29-31-33-35-37-42-54-47(49)44-40-39-41-45(56(51,52)53)46(44)48(50)55-43-38-36-34-32-30-28-26-24-22-20-18-16-14-12-10-8-6-4-2;/h25-28,39-41H,3-24,29-38,42-43H2,1-2H3,(H,51,52,53);/q;+1/p-1/b27-25+,28-26+;. The van der Waals surface area contributed by atoms with Crippen LogP contribution in [0.5, 0.6) is 0 Å². The maximum absolute atomic E-state index is 13.0. The number of allylic oxidation sites excluding steroid dienone is 4. The second-order valence-electron chi connectivity index (χ2n) is 15.7. The molecule has 7 nitrogen and oxygen atoms in total. The van der Waals surface area contributed by atoms with Crippen molar-refractivity contribution in [1.29, 1.82) is 0 Å². The molecule has 0 atom stereocenters. The monoisotopic (exact) mass is 825 g/mol. The summed E-state index contributed by atoms with van der Waals surface area (Å²) in [7, 11) is -5.02. The normalized spacial score (nSPS) is 11.7. The zero-order chi connectivity index (χ0) is 40.8. The summed E-state index contributed by atoms with van der Waals surface area (Å²) < 4.78 is 46.8. The van der Waals surface area contributed by atoms with Crippen molar-refractivity contribution in [3.63, 3.8) is 0 Å². The predicted molar refractivity (Wildman–Crippen MR) is 232 cm³/mol. The first-order valence-electron chi connectivity index (χ1n) is 23.1. The molecule has 0 saturated carbocycles. The van der Waals surface area contributed by atoms with Crippen molar-refractivity contribution in [3.05, 3.63) is 53.6 Å². The van der Waals surface area contributed by atoms with Crippen LogP contribution < -0.4 is 29.6 Å². The summed E-state index contributed by atoms with van der Waals surface area (Å²) in [5.41, 5.74) is -0.797. The van der Waals surface area contributed by atoms with Gasteiger partial charge >= 0.3 is 41.5 Å². The number of carbonyl (C=O) groups excluding carboxylic acids is 2. The number of rotatable bonds is 39. The SMILES string of the molecule is CCCCCCCCCCCC/C=C/CCCCCCOC(=O)c1cccc(S(=O)(=O)[O-])c1C(=O)OCCCCCC/C=C/CCCCCCCCCCCC.[Na+]. The molecule has 1 rings (SSSR count). The van der Waals surface area contributed by atoms with E-state index in [1.54, 1.807) is 0 Å². The van der Waals surface area contributed by atoms with Gasteiger partial charge in [-0.1, -0.05) is 185 Å². The van der Waals surface area contributed by atoms with Crippen LogP contribution in [0.1, 0.15) is 240 Å². The fraction of sp³-hybridized carbons (Fsp3) is 0.750. The third kappa shape index (κ3) is 32.1. The molecule has 0 aromatic heterocycles. The molecule has 0 aliphatic rings. The van der Waals surface area contributed by atoms with Gasteiger partial charge in [0.05, 0.1) is 29.2 Å². The van der Waals surface area contributed by atoms with Crippen LogP contribution in [-0.2, 0) is 19.6 Å². The summed E-state index contributed by atoms with van der Waals surface area (Å²) in [5, 5.41) is 0. The first-order valence-corrected chi connectivity index (χ1v) is 24.5. The third-order valence-electron chi connectivity index (χ3n) is 10.5.